The molecule has 0 fully saturated rings. The molecule has 0 aromatic heterocycles. The normalized spacial score (nSPS) is 11.4. The molecule has 0 rings (SSSR count). The van der Waals surface area contributed by atoms with Crippen LogP contribution in [0.2, 0.25) is 0 Å². The molecule has 622 valence electrons. The number of unbranched alkanes of at least 4 members (excludes halogenated alkanes) is 55. The standard InChI is InChI=1S/5C18H34O2.C3H8O2/c5*1-2-3-4-5-6-7-8-9-10-11-12-13-14-15-16-17-18(19)20;1-3(5)2-4/h5*9-10H,2-8,11-17H2,1H3,(H,19,20);3-5H,2H2,1H3. The van der Waals surface area contributed by atoms with Crippen molar-refractivity contribution < 1.29 is 59.7 Å². The number of carboxylic acid groups (broad SMARTS) is 5. The maximum Gasteiger partial charge on any atom is 0.303 e. The molecule has 1 atom stereocenters. The van der Waals surface area contributed by atoms with Crippen LogP contribution in [0.5, 0.6) is 0 Å². The van der Waals surface area contributed by atoms with Gasteiger partial charge < -0.3 is 35.7 Å². The van der Waals surface area contributed by atoms with E-state index in [1.54, 1.807) is 0 Å². The van der Waals surface area contributed by atoms with Crippen LogP contribution in [-0.2, 0) is 24.0 Å². The van der Waals surface area contributed by atoms with Gasteiger partial charge in [0.1, 0.15) is 0 Å². The second-order valence-corrected chi connectivity index (χ2v) is 29.7. The Labute approximate surface area is 650 Å². The van der Waals surface area contributed by atoms with Gasteiger partial charge in [-0.2, -0.15) is 0 Å². The summed E-state index contributed by atoms with van der Waals surface area (Å²) < 4.78 is 0. The van der Waals surface area contributed by atoms with E-state index in [0.29, 0.717) is 32.1 Å². The number of aliphatic carboxylic acids is 5. The number of rotatable bonds is 76. The minimum atomic E-state index is -0.664. The zero-order chi connectivity index (χ0) is 78.7. The predicted octanol–water partition coefficient (Wildman–Crippen LogP) is 29.9. The van der Waals surface area contributed by atoms with Crippen LogP contribution in [0.15, 0.2) is 60.8 Å². The highest BCUT2D eigenvalue weighted by Gasteiger charge is 2.02. The van der Waals surface area contributed by atoms with Crippen molar-refractivity contribution in [3.8, 4) is 0 Å². The molecular weight excluding hydrogens is 1310 g/mol. The third-order valence-corrected chi connectivity index (χ3v) is 18.5. The lowest BCUT2D eigenvalue weighted by Gasteiger charge is -1.99. The van der Waals surface area contributed by atoms with Crippen molar-refractivity contribution in [3.05, 3.63) is 60.8 Å². The molecule has 0 saturated heterocycles. The van der Waals surface area contributed by atoms with Gasteiger partial charge in [0.15, 0.2) is 0 Å². The maximum absolute atomic E-state index is 10.3. The van der Waals surface area contributed by atoms with E-state index in [1.807, 2.05) is 0 Å². The summed E-state index contributed by atoms with van der Waals surface area (Å²) in [4.78, 5) is 51.6. The van der Waals surface area contributed by atoms with Crippen LogP contribution in [0, 0.1) is 0 Å². The average Bonchev–Trinajstić information content (AvgIpc) is 3.86. The lowest BCUT2D eigenvalue weighted by molar-refractivity contribution is -0.138. The molecule has 0 radical (unpaired) electrons. The minimum Gasteiger partial charge on any atom is -0.481 e. The molecule has 0 spiro atoms. The molecule has 0 bridgehead atoms. The van der Waals surface area contributed by atoms with Crippen LogP contribution in [0.1, 0.15) is 491 Å². The third kappa shape index (κ3) is 139. The van der Waals surface area contributed by atoms with Crippen LogP contribution >= 0.6 is 0 Å². The fourth-order valence-corrected chi connectivity index (χ4v) is 11.7. The molecule has 0 amide bonds. The summed E-state index contributed by atoms with van der Waals surface area (Å²) in [5, 5.41) is 58.5. The molecule has 0 aliphatic carbocycles. The summed E-state index contributed by atoms with van der Waals surface area (Å²) in [5.74, 6) is -3.32. The Morgan fingerprint density at radius 1 is 0.200 bits per heavy atom. The van der Waals surface area contributed by atoms with Gasteiger partial charge in [-0.15, -0.1) is 0 Å². The summed E-state index contributed by atoms with van der Waals surface area (Å²) in [5.41, 5.74) is 0. The lowest BCUT2D eigenvalue weighted by Crippen LogP contribution is -2.03. The molecular formula is C93H178O12. The van der Waals surface area contributed by atoms with Gasteiger partial charge in [-0.05, 0) is 167 Å². The number of carbonyl (C=O) groups is 5. The number of aliphatic hydroxyl groups is 2. The van der Waals surface area contributed by atoms with E-state index in [9.17, 15) is 24.0 Å². The number of allylic oxidation sites excluding steroid dienone is 10. The van der Waals surface area contributed by atoms with Crippen molar-refractivity contribution in [1.29, 1.82) is 0 Å². The summed E-state index contributed by atoms with van der Waals surface area (Å²) >= 11 is 0. The van der Waals surface area contributed by atoms with Crippen LogP contribution in [0.4, 0.5) is 0 Å². The lowest BCUT2D eigenvalue weighted by atomic mass is 10.1. The topological polar surface area (TPSA) is 227 Å². The fraction of sp³-hybridized carbons (Fsp3) is 0.839. The van der Waals surface area contributed by atoms with E-state index in [4.69, 9.17) is 35.7 Å². The van der Waals surface area contributed by atoms with Gasteiger partial charge in [0.2, 0.25) is 0 Å². The van der Waals surface area contributed by atoms with E-state index in [1.165, 1.54) is 360 Å². The predicted molar refractivity (Wildman–Crippen MR) is 454 cm³/mol. The number of hydrogen-bond donors (Lipinski definition) is 7. The zero-order valence-corrected chi connectivity index (χ0v) is 70.2. The molecule has 0 aromatic carbocycles. The SMILES string of the molecule is CC(O)CO.CCCCCCCCC=CCCCCCCCC(=O)O.CCCCCCCCC=CCCCCCCCC(=O)O.CCCCCCCCC=CCCCCCCCC(=O)O.CCCCCCCCC=CCCCCCCCC(=O)O.CCCCCCCCC=CCCCCCCCC(=O)O. The monoisotopic (exact) mass is 1490 g/mol. The molecule has 12 heteroatoms. The molecule has 105 heavy (non-hydrogen) atoms. The van der Waals surface area contributed by atoms with Crippen LogP contribution < -0.4 is 0 Å². The van der Waals surface area contributed by atoms with Crippen molar-refractivity contribution in [3.63, 3.8) is 0 Å². The summed E-state index contributed by atoms with van der Waals surface area (Å²) in [6, 6.07) is 0. The zero-order valence-electron chi connectivity index (χ0n) is 70.2. The summed E-state index contributed by atoms with van der Waals surface area (Å²) in [7, 11) is 0. The highest BCUT2D eigenvalue weighted by atomic mass is 16.4. The molecule has 1 unspecified atom stereocenters. The molecule has 0 saturated carbocycles. The maximum atomic E-state index is 10.3. The molecule has 12 nitrogen and oxygen atoms in total. The van der Waals surface area contributed by atoms with E-state index in [2.05, 4.69) is 95.4 Å². The van der Waals surface area contributed by atoms with Gasteiger partial charge in [0, 0.05) is 32.1 Å². The van der Waals surface area contributed by atoms with Crippen molar-refractivity contribution >= 4 is 29.8 Å². The van der Waals surface area contributed by atoms with Crippen LogP contribution in [0.25, 0.3) is 0 Å². The van der Waals surface area contributed by atoms with E-state index >= 15 is 0 Å². The Kier molecular flexibility index (Phi) is 116. The highest BCUT2D eigenvalue weighted by Crippen LogP contribution is 2.16. The molecule has 0 heterocycles. The Balaban J connectivity index is -0.000000287. The van der Waals surface area contributed by atoms with Crippen LogP contribution in [0.3, 0.4) is 0 Å². The second-order valence-electron chi connectivity index (χ2n) is 29.7. The largest absolute Gasteiger partial charge is 0.481 e. The Morgan fingerprint density at radius 3 is 0.390 bits per heavy atom. The average molecular weight is 1490 g/mol. The van der Waals surface area contributed by atoms with E-state index < -0.39 is 36.0 Å². The van der Waals surface area contributed by atoms with Crippen molar-refractivity contribution in [1.82, 2.24) is 0 Å². The van der Waals surface area contributed by atoms with Gasteiger partial charge in [-0.25, -0.2) is 0 Å². The molecule has 0 aliphatic heterocycles. The van der Waals surface area contributed by atoms with E-state index in [0.717, 1.165) is 64.2 Å². The van der Waals surface area contributed by atoms with Crippen molar-refractivity contribution in [2.75, 3.05) is 6.61 Å². The number of aliphatic hydroxyl groups excluding tert-OH is 2. The van der Waals surface area contributed by atoms with Crippen LogP contribution in [-0.4, -0.2) is 78.3 Å². The summed E-state index contributed by atoms with van der Waals surface area (Å²) in [6.45, 7) is 12.7. The fourth-order valence-electron chi connectivity index (χ4n) is 11.7. The first kappa shape index (κ1) is 112. The summed E-state index contributed by atoms with van der Waals surface area (Å²) in [6.07, 6.45) is 106. The molecule has 7 N–H and O–H groups in total. The highest BCUT2D eigenvalue weighted by molar-refractivity contribution is 5.67. The Morgan fingerprint density at radius 2 is 0.295 bits per heavy atom. The first-order valence-electron chi connectivity index (χ1n) is 44.8. The molecule has 0 aliphatic rings. The smallest absolute Gasteiger partial charge is 0.303 e. The van der Waals surface area contributed by atoms with Crippen molar-refractivity contribution in [2.24, 2.45) is 0 Å². The van der Waals surface area contributed by atoms with Gasteiger partial charge in [-0.1, -0.05) is 352 Å². The van der Waals surface area contributed by atoms with Crippen molar-refractivity contribution in [2.45, 2.75) is 497 Å². The Bertz CT molecular complexity index is 1530. The third-order valence-electron chi connectivity index (χ3n) is 18.5. The number of hydrogen-bond acceptors (Lipinski definition) is 7. The Hall–Kier alpha value is -4.03. The second kappa shape index (κ2) is 109. The van der Waals surface area contributed by atoms with Gasteiger partial charge >= 0.3 is 29.8 Å². The minimum absolute atomic E-state index is 0.139. The van der Waals surface area contributed by atoms with E-state index in [-0.39, 0.29) is 6.61 Å². The van der Waals surface area contributed by atoms with Gasteiger partial charge in [0.25, 0.3) is 0 Å². The quantitative estimate of drug-likeness (QED) is 0.0223. The first-order chi connectivity index (χ1) is 51.1. The van der Waals surface area contributed by atoms with Gasteiger partial charge in [0.05, 0.1) is 12.7 Å². The molecule has 0 aromatic rings. The number of carboxylic acids is 5. The first-order valence-corrected chi connectivity index (χ1v) is 44.8. The van der Waals surface area contributed by atoms with Gasteiger partial charge in [-0.3, -0.25) is 24.0 Å².